The molecule has 0 spiro atoms. The number of carbonyl (C=O) groups is 1. The number of rotatable bonds is 7. The van der Waals surface area contributed by atoms with E-state index in [-0.39, 0.29) is 24.3 Å². The molecule has 24 heavy (non-hydrogen) atoms. The minimum Gasteiger partial charge on any atom is -0.347 e. The van der Waals surface area contributed by atoms with E-state index >= 15 is 0 Å². The third kappa shape index (κ3) is 4.53. The summed E-state index contributed by atoms with van der Waals surface area (Å²) in [6.45, 7) is 2.03. The SMILES string of the molecule is CC1OC(CCc2ccccc2)OC1CCC(=O)c1ccccc1. The van der Waals surface area contributed by atoms with Gasteiger partial charge in [0.2, 0.25) is 0 Å². The molecule has 126 valence electrons. The number of hydrogen-bond donors (Lipinski definition) is 0. The van der Waals surface area contributed by atoms with E-state index in [4.69, 9.17) is 9.47 Å². The number of hydrogen-bond acceptors (Lipinski definition) is 3. The molecular weight excluding hydrogens is 300 g/mol. The van der Waals surface area contributed by atoms with Crippen LogP contribution < -0.4 is 0 Å². The first-order chi connectivity index (χ1) is 11.7. The summed E-state index contributed by atoms with van der Waals surface area (Å²) in [6, 6.07) is 19.8. The Hall–Kier alpha value is -1.97. The molecule has 0 radical (unpaired) electrons. The maximum atomic E-state index is 12.2. The van der Waals surface area contributed by atoms with Crippen LogP contribution in [0.5, 0.6) is 0 Å². The van der Waals surface area contributed by atoms with Gasteiger partial charge in [0.05, 0.1) is 12.2 Å². The van der Waals surface area contributed by atoms with E-state index < -0.39 is 0 Å². The van der Waals surface area contributed by atoms with Gasteiger partial charge in [0.1, 0.15) is 0 Å². The lowest BCUT2D eigenvalue weighted by Gasteiger charge is -2.12. The lowest BCUT2D eigenvalue weighted by atomic mass is 10.0. The van der Waals surface area contributed by atoms with Crippen LogP contribution in [0.1, 0.15) is 42.1 Å². The average molecular weight is 324 g/mol. The number of ether oxygens (including phenoxy) is 2. The summed E-state index contributed by atoms with van der Waals surface area (Å²) in [5.74, 6) is 0.166. The van der Waals surface area contributed by atoms with Crippen molar-refractivity contribution in [1.82, 2.24) is 0 Å². The standard InChI is InChI=1S/C21H24O3/c1-16-20(14-13-19(22)18-10-6-3-7-11-18)24-21(23-16)15-12-17-8-4-2-5-9-17/h2-11,16,20-21H,12-15H2,1H3. The Morgan fingerprint density at radius 2 is 1.58 bits per heavy atom. The topological polar surface area (TPSA) is 35.5 Å². The van der Waals surface area contributed by atoms with Gasteiger partial charge < -0.3 is 9.47 Å². The molecule has 0 aliphatic carbocycles. The molecule has 1 heterocycles. The normalized spacial score (nSPS) is 23.3. The first kappa shape index (κ1) is 16.9. The van der Waals surface area contributed by atoms with E-state index in [2.05, 4.69) is 12.1 Å². The van der Waals surface area contributed by atoms with Crippen LogP contribution in [-0.2, 0) is 15.9 Å². The molecule has 1 aliphatic heterocycles. The summed E-state index contributed by atoms with van der Waals surface area (Å²) >= 11 is 0. The molecule has 1 saturated heterocycles. The van der Waals surface area contributed by atoms with Crippen molar-refractivity contribution in [3.05, 3.63) is 71.8 Å². The zero-order valence-electron chi connectivity index (χ0n) is 14.1. The molecule has 2 aromatic rings. The maximum absolute atomic E-state index is 12.2. The van der Waals surface area contributed by atoms with Crippen LogP contribution in [0.2, 0.25) is 0 Å². The molecule has 3 unspecified atom stereocenters. The van der Waals surface area contributed by atoms with Crippen LogP contribution in [0.15, 0.2) is 60.7 Å². The summed E-state index contributed by atoms with van der Waals surface area (Å²) in [5, 5.41) is 0. The Balaban J connectivity index is 1.45. The van der Waals surface area contributed by atoms with Crippen molar-refractivity contribution in [3.8, 4) is 0 Å². The second-order valence-corrected chi connectivity index (χ2v) is 6.30. The molecule has 0 aromatic heterocycles. The zero-order valence-corrected chi connectivity index (χ0v) is 14.1. The molecule has 3 atom stereocenters. The van der Waals surface area contributed by atoms with Crippen LogP contribution in [0.25, 0.3) is 0 Å². The van der Waals surface area contributed by atoms with Gasteiger partial charge in [0.15, 0.2) is 12.1 Å². The fourth-order valence-electron chi connectivity index (χ4n) is 3.07. The van der Waals surface area contributed by atoms with Gasteiger partial charge in [-0.1, -0.05) is 60.7 Å². The van der Waals surface area contributed by atoms with Crippen LogP contribution >= 0.6 is 0 Å². The Bertz CT molecular complexity index is 639. The van der Waals surface area contributed by atoms with E-state index in [1.165, 1.54) is 5.56 Å². The predicted octanol–water partition coefficient (Wildman–Crippen LogP) is 4.41. The van der Waals surface area contributed by atoms with Gasteiger partial charge in [-0.05, 0) is 25.3 Å². The van der Waals surface area contributed by atoms with Crippen LogP contribution in [0, 0.1) is 0 Å². The summed E-state index contributed by atoms with van der Waals surface area (Å²) in [5.41, 5.74) is 2.06. The van der Waals surface area contributed by atoms with Crippen molar-refractivity contribution in [3.63, 3.8) is 0 Å². The summed E-state index contributed by atoms with van der Waals surface area (Å²) in [4.78, 5) is 12.2. The minimum atomic E-state index is -0.169. The van der Waals surface area contributed by atoms with Crippen molar-refractivity contribution in [2.24, 2.45) is 0 Å². The average Bonchev–Trinajstić information content (AvgIpc) is 2.99. The fourth-order valence-corrected chi connectivity index (χ4v) is 3.07. The number of carbonyl (C=O) groups excluding carboxylic acids is 1. The van der Waals surface area contributed by atoms with Gasteiger partial charge in [-0.25, -0.2) is 0 Å². The van der Waals surface area contributed by atoms with Crippen molar-refractivity contribution in [1.29, 1.82) is 0 Å². The molecule has 0 bridgehead atoms. The second-order valence-electron chi connectivity index (χ2n) is 6.30. The molecule has 3 heteroatoms. The highest BCUT2D eigenvalue weighted by Crippen LogP contribution is 2.26. The Kier molecular flexibility index (Phi) is 5.78. The number of ketones is 1. The lowest BCUT2D eigenvalue weighted by molar-refractivity contribution is -0.0689. The van der Waals surface area contributed by atoms with Crippen LogP contribution in [0.4, 0.5) is 0 Å². The van der Waals surface area contributed by atoms with Gasteiger partial charge in [0, 0.05) is 18.4 Å². The van der Waals surface area contributed by atoms with Crippen molar-refractivity contribution in [2.75, 3.05) is 0 Å². The fraction of sp³-hybridized carbons (Fsp3) is 0.381. The van der Waals surface area contributed by atoms with E-state index in [9.17, 15) is 4.79 Å². The van der Waals surface area contributed by atoms with Crippen LogP contribution in [0.3, 0.4) is 0 Å². The second kappa shape index (κ2) is 8.22. The molecule has 1 fully saturated rings. The monoisotopic (exact) mass is 324 g/mol. The molecule has 3 rings (SSSR count). The molecule has 1 aliphatic rings. The zero-order chi connectivity index (χ0) is 16.8. The molecular formula is C21H24O3. The number of aryl methyl sites for hydroxylation is 1. The predicted molar refractivity (Wildman–Crippen MR) is 94.0 cm³/mol. The summed E-state index contributed by atoms with van der Waals surface area (Å²) < 4.78 is 11.9. The minimum absolute atomic E-state index is 0.00145. The number of benzene rings is 2. The molecule has 0 saturated carbocycles. The van der Waals surface area contributed by atoms with Gasteiger partial charge in [-0.15, -0.1) is 0 Å². The molecule has 2 aromatic carbocycles. The van der Waals surface area contributed by atoms with E-state index in [1.54, 1.807) is 0 Å². The third-order valence-corrected chi connectivity index (χ3v) is 4.48. The Morgan fingerprint density at radius 1 is 0.917 bits per heavy atom. The van der Waals surface area contributed by atoms with Crippen molar-refractivity contribution < 1.29 is 14.3 Å². The lowest BCUT2D eigenvalue weighted by Crippen LogP contribution is -2.20. The van der Waals surface area contributed by atoms with Crippen LogP contribution in [-0.4, -0.2) is 24.3 Å². The first-order valence-corrected chi connectivity index (χ1v) is 8.65. The molecule has 3 nitrogen and oxygen atoms in total. The summed E-state index contributed by atoms with van der Waals surface area (Å²) in [6.07, 6.45) is 2.85. The Labute approximate surface area is 143 Å². The molecule has 0 N–H and O–H groups in total. The van der Waals surface area contributed by atoms with Gasteiger partial charge in [-0.2, -0.15) is 0 Å². The Morgan fingerprint density at radius 3 is 2.29 bits per heavy atom. The highest BCUT2D eigenvalue weighted by Gasteiger charge is 2.32. The maximum Gasteiger partial charge on any atom is 0.162 e. The quantitative estimate of drug-likeness (QED) is 0.708. The third-order valence-electron chi connectivity index (χ3n) is 4.48. The largest absolute Gasteiger partial charge is 0.347 e. The highest BCUT2D eigenvalue weighted by atomic mass is 16.7. The van der Waals surface area contributed by atoms with Gasteiger partial charge >= 0.3 is 0 Å². The van der Waals surface area contributed by atoms with Gasteiger partial charge in [-0.3, -0.25) is 4.79 Å². The van der Waals surface area contributed by atoms with Crippen molar-refractivity contribution >= 4 is 5.78 Å². The van der Waals surface area contributed by atoms with E-state index in [0.29, 0.717) is 12.8 Å². The molecule has 0 amide bonds. The van der Waals surface area contributed by atoms with E-state index in [1.807, 2.05) is 55.5 Å². The van der Waals surface area contributed by atoms with Gasteiger partial charge in [0.25, 0.3) is 0 Å². The first-order valence-electron chi connectivity index (χ1n) is 8.65. The van der Waals surface area contributed by atoms with Crippen molar-refractivity contribution in [2.45, 2.75) is 51.1 Å². The smallest absolute Gasteiger partial charge is 0.162 e. The number of Topliss-reactive ketones (excluding diaryl/α,β-unsaturated/α-hetero) is 1. The highest BCUT2D eigenvalue weighted by molar-refractivity contribution is 5.95. The van der Waals surface area contributed by atoms with E-state index in [0.717, 1.165) is 18.4 Å². The summed E-state index contributed by atoms with van der Waals surface area (Å²) in [7, 11) is 0.